The van der Waals surface area contributed by atoms with E-state index in [1.54, 1.807) is 6.07 Å². The van der Waals surface area contributed by atoms with Crippen molar-refractivity contribution in [3.63, 3.8) is 0 Å². The van der Waals surface area contributed by atoms with Crippen molar-refractivity contribution in [2.75, 3.05) is 6.61 Å². The van der Waals surface area contributed by atoms with Gasteiger partial charge in [0.1, 0.15) is 6.61 Å². The van der Waals surface area contributed by atoms with Crippen molar-refractivity contribution in [1.29, 1.82) is 5.26 Å². The van der Waals surface area contributed by atoms with E-state index in [4.69, 9.17) is 10.1 Å². The third-order valence-electron chi connectivity index (χ3n) is 1.93. The van der Waals surface area contributed by atoms with Gasteiger partial charge in [-0.2, -0.15) is 5.26 Å². The zero-order valence-electron chi connectivity index (χ0n) is 7.03. The number of nitriles is 1. The number of hydrogen-bond donors (Lipinski definition) is 0. The molecular weight excluding hydrogens is 164 g/mol. The van der Waals surface area contributed by atoms with E-state index < -0.39 is 0 Å². The van der Waals surface area contributed by atoms with Crippen LogP contribution in [0.25, 0.3) is 0 Å². The van der Waals surface area contributed by atoms with Crippen molar-refractivity contribution >= 4 is 5.71 Å². The topological polar surface area (TPSA) is 45.4 Å². The van der Waals surface area contributed by atoms with Crippen LogP contribution in [0.4, 0.5) is 0 Å². The molecule has 13 heavy (non-hydrogen) atoms. The fourth-order valence-corrected chi connectivity index (χ4v) is 1.28. The lowest BCUT2D eigenvalue weighted by molar-refractivity contribution is 0.174. The first kappa shape index (κ1) is 7.81. The molecule has 0 amide bonds. The summed E-state index contributed by atoms with van der Waals surface area (Å²) in [6, 6.07) is 9.49. The van der Waals surface area contributed by atoms with E-state index in [0.717, 1.165) is 17.7 Å². The van der Waals surface area contributed by atoms with E-state index in [1.807, 2.05) is 18.2 Å². The second-order valence-electron chi connectivity index (χ2n) is 2.81. The van der Waals surface area contributed by atoms with Gasteiger partial charge in [0.25, 0.3) is 0 Å². The summed E-state index contributed by atoms with van der Waals surface area (Å²) in [6.45, 7) is 0.645. The first-order valence-electron chi connectivity index (χ1n) is 4.09. The van der Waals surface area contributed by atoms with Crippen molar-refractivity contribution in [2.45, 2.75) is 6.42 Å². The van der Waals surface area contributed by atoms with Gasteiger partial charge in [-0.05, 0) is 12.1 Å². The van der Waals surface area contributed by atoms with Gasteiger partial charge in [0.15, 0.2) is 0 Å². The quantitative estimate of drug-likeness (QED) is 0.647. The molecule has 0 radical (unpaired) electrons. The molecule has 1 aliphatic heterocycles. The van der Waals surface area contributed by atoms with Gasteiger partial charge < -0.3 is 4.84 Å². The Labute approximate surface area is 76.2 Å². The maximum atomic E-state index is 8.68. The second-order valence-corrected chi connectivity index (χ2v) is 2.81. The van der Waals surface area contributed by atoms with Gasteiger partial charge in [-0.15, -0.1) is 0 Å². The maximum absolute atomic E-state index is 8.68. The Morgan fingerprint density at radius 3 is 3.08 bits per heavy atom. The maximum Gasteiger partial charge on any atom is 0.122 e. The summed E-state index contributed by atoms with van der Waals surface area (Å²) in [6.07, 6.45) is 0.828. The van der Waals surface area contributed by atoms with E-state index in [-0.39, 0.29) is 0 Å². The van der Waals surface area contributed by atoms with Gasteiger partial charge in [-0.3, -0.25) is 0 Å². The summed E-state index contributed by atoms with van der Waals surface area (Å²) < 4.78 is 0. The summed E-state index contributed by atoms with van der Waals surface area (Å²) >= 11 is 0. The van der Waals surface area contributed by atoms with Crippen molar-refractivity contribution in [3.8, 4) is 6.07 Å². The Bertz CT molecular complexity index is 390. The SMILES string of the molecule is N#Cc1cccc(C2=NOCC2)c1. The zero-order valence-corrected chi connectivity index (χ0v) is 7.03. The molecule has 0 bridgehead atoms. The molecule has 0 aliphatic carbocycles. The van der Waals surface area contributed by atoms with Gasteiger partial charge >= 0.3 is 0 Å². The molecule has 0 unspecified atom stereocenters. The third-order valence-corrected chi connectivity index (χ3v) is 1.93. The number of oxime groups is 1. The number of hydrogen-bond acceptors (Lipinski definition) is 3. The van der Waals surface area contributed by atoms with E-state index in [1.165, 1.54) is 0 Å². The number of benzene rings is 1. The minimum atomic E-state index is 0.645. The highest BCUT2D eigenvalue weighted by atomic mass is 16.6. The molecular formula is C10H8N2O. The number of rotatable bonds is 1. The molecule has 3 nitrogen and oxygen atoms in total. The molecule has 2 rings (SSSR count). The van der Waals surface area contributed by atoms with Crippen LogP contribution in [0, 0.1) is 11.3 Å². The van der Waals surface area contributed by atoms with Crippen LogP contribution in [0.3, 0.4) is 0 Å². The Morgan fingerprint density at radius 1 is 1.46 bits per heavy atom. The summed E-state index contributed by atoms with van der Waals surface area (Å²) in [5.41, 5.74) is 2.57. The Hall–Kier alpha value is -1.82. The highest BCUT2D eigenvalue weighted by molar-refractivity contribution is 6.01. The van der Waals surface area contributed by atoms with E-state index in [2.05, 4.69) is 11.2 Å². The molecule has 0 spiro atoms. The molecule has 1 aliphatic rings. The second kappa shape index (κ2) is 3.28. The Balaban J connectivity index is 2.36. The summed E-state index contributed by atoms with van der Waals surface area (Å²) in [5.74, 6) is 0. The highest BCUT2D eigenvalue weighted by Gasteiger charge is 2.10. The minimum absolute atomic E-state index is 0.645. The molecule has 0 fully saturated rings. The lowest BCUT2D eigenvalue weighted by Crippen LogP contribution is -1.97. The predicted octanol–water partition coefficient (Wildman–Crippen LogP) is 1.68. The molecule has 1 aromatic carbocycles. The summed E-state index contributed by atoms with van der Waals surface area (Å²) in [5, 5.41) is 12.6. The Kier molecular flexibility index (Phi) is 1.97. The van der Waals surface area contributed by atoms with Crippen LogP contribution in [0.5, 0.6) is 0 Å². The number of nitrogens with zero attached hydrogens (tertiary/aromatic N) is 2. The minimum Gasteiger partial charge on any atom is -0.395 e. The average Bonchev–Trinajstić information content (AvgIpc) is 2.71. The summed E-state index contributed by atoms with van der Waals surface area (Å²) in [4.78, 5) is 4.89. The van der Waals surface area contributed by atoms with Crippen molar-refractivity contribution in [2.24, 2.45) is 5.16 Å². The average molecular weight is 172 g/mol. The van der Waals surface area contributed by atoms with Crippen LogP contribution in [0.2, 0.25) is 0 Å². The van der Waals surface area contributed by atoms with Gasteiger partial charge in [-0.1, -0.05) is 17.3 Å². The smallest absolute Gasteiger partial charge is 0.122 e. The molecule has 1 heterocycles. The first-order valence-corrected chi connectivity index (χ1v) is 4.09. The molecule has 64 valence electrons. The van der Waals surface area contributed by atoms with Gasteiger partial charge in [0.2, 0.25) is 0 Å². The Morgan fingerprint density at radius 2 is 2.38 bits per heavy atom. The van der Waals surface area contributed by atoms with Crippen LogP contribution >= 0.6 is 0 Å². The summed E-state index contributed by atoms with van der Waals surface area (Å²) in [7, 11) is 0. The van der Waals surface area contributed by atoms with Crippen LogP contribution in [0.1, 0.15) is 17.5 Å². The fraction of sp³-hybridized carbons (Fsp3) is 0.200. The van der Waals surface area contributed by atoms with Crippen LogP contribution in [0.15, 0.2) is 29.4 Å². The van der Waals surface area contributed by atoms with E-state index >= 15 is 0 Å². The van der Waals surface area contributed by atoms with Crippen LogP contribution in [-0.4, -0.2) is 12.3 Å². The zero-order chi connectivity index (χ0) is 9.10. The normalized spacial score (nSPS) is 14.5. The van der Waals surface area contributed by atoms with Crippen molar-refractivity contribution in [1.82, 2.24) is 0 Å². The van der Waals surface area contributed by atoms with Crippen LogP contribution < -0.4 is 0 Å². The molecule has 0 N–H and O–H groups in total. The molecule has 0 saturated heterocycles. The lowest BCUT2D eigenvalue weighted by atomic mass is 10.1. The highest BCUT2D eigenvalue weighted by Crippen LogP contribution is 2.12. The molecule has 3 heteroatoms. The monoisotopic (exact) mass is 172 g/mol. The standard InChI is InChI=1S/C10H8N2O/c11-7-8-2-1-3-9(6-8)10-4-5-13-12-10/h1-3,6H,4-5H2. The predicted molar refractivity (Wildman–Crippen MR) is 48.3 cm³/mol. The van der Waals surface area contributed by atoms with Crippen molar-refractivity contribution in [3.05, 3.63) is 35.4 Å². The molecule has 0 atom stereocenters. The molecule has 0 aromatic heterocycles. The third kappa shape index (κ3) is 1.52. The first-order chi connectivity index (χ1) is 6.40. The lowest BCUT2D eigenvalue weighted by Gasteiger charge is -1.97. The van der Waals surface area contributed by atoms with E-state index in [9.17, 15) is 0 Å². The van der Waals surface area contributed by atoms with Gasteiger partial charge in [-0.25, -0.2) is 0 Å². The molecule has 1 aromatic rings. The van der Waals surface area contributed by atoms with E-state index in [0.29, 0.717) is 12.2 Å². The van der Waals surface area contributed by atoms with Crippen LogP contribution in [-0.2, 0) is 4.84 Å². The fourth-order valence-electron chi connectivity index (χ4n) is 1.28. The van der Waals surface area contributed by atoms with Gasteiger partial charge in [0, 0.05) is 12.0 Å². The largest absolute Gasteiger partial charge is 0.395 e. The van der Waals surface area contributed by atoms with Crippen molar-refractivity contribution < 1.29 is 4.84 Å². The van der Waals surface area contributed by atoms with Gasteiger partial charge in [0.05, 0.1) is 17.3 Å². The molecule has 0 saturated carbocycles.